The maximum absolute atomic E-state index is 12.8. The Morgan fingerprint density at radius 2 is 2.06 bits per heavy atom. The average Bonchev–Trinajstić information content (AvgIpc) is 2.15. The van der Waals surface area contributed by atoms with E-state index in [1.54, 1.807) is 11.8 Å². The average molecular weight is 328 g/mol. The van der Waals surface area contributed by atoms with Gasteiger partial charge in [-0.1, -0.05) is 15.9 Å². The molecule has 0 fully saturated rings. The lowest BCUT2D eigenvalue weighted by Gasteiger charge is -2.19. The summed E-state index contributed by atoms with van der Waals surface area (Å²) in [7, 11) is 0. The first-order chi connectivity index (χ1) is 7.84. The predicted molar refractivity (Wildman–Crippen MR) is 70.6 cm³/mol. The normalized spacial score (nSPS) is 13.5. The number of nitrogens with one attached hydrogen (secondary N) is 1. The monoisotopic (exact) mass is 327 g/mol. The maximum Gasteiger partial charge on any atom is 0.418 e. The van der Waals surface area contributed by atoms with Crippen molar-refractivity contribution in [3.63, 3.8) is 0 Å². The van der Waals surface area contributed by atoms with Gasteiger partial charge in [0, 0.05) is 22.0 Å². The van der Waals surface area contributed by atoms with Crippen molar-refractivity contribution in [3.8, 4) is 0 Å². The highest BCUT2D eigenvalue weighted by Gasteiger charge is 2.33. The van der Waals surface area contributed by atoms with Crippen LogP contribution in [0, 0.1) is 0 Å². The smallest absolute Gasteiger partial charge is 0.381 e. The first-order valence-electron chi connectivity index (χ1n) is 4.97. The Labute approximate surface area is 111 Å². The molecule has 0 aliphatic heterocycles. The lowest BCUT2D eigenvalue weighted by Crippen LogP contribution is -2.20. The van der Waals surface area contributed by atoms with Crippen LogP contribution < -0.4 is 5.32 Å². The van der Waals surface area contributed by atoms with Crippen LogP contribution in [0.5, 0.6) is 0 Å². The second-order valence-electron chi connectivity index (χ2n) is 3.69. The number of anilines is 1. The second kappa shape index (κ2) is 6.00. The molecule has 1 aromatic carbocycles. The summed E-state index contributed by atoms with van der Waals surface area (Å²) in [5.41, 5.74) is -0.512. The van der Waals surface area contributed by atoms with Crippen molar-refractivity contribution < 1.29 is 13.2 Å². The van der Waals surface area contributed by atoms with Gasteiger partial charge >= 0.3 is 6.18 Å². The first kappa shape index (κ1) is 14.7. The number of thioether (sulfide) groups is 1. The molecule has 0 aliphatic rings. The maximum atomic E-state index is 12.8. The summed E-state index contributed by atoms with van der Waals surface area (Å²) >= 11 is 4.77. The van der Waals surface area contributed by atoms with Crippen LogP contribution in [-0.2, 0) is 6.18 Å². The van der Waals surface area contributed by atoms with Crippen LogP contribution in [-0.4, -0.2) is 18.1 Å². The Morgan fingerprint density at radius 1 is 1.41 bits per heavy atom. The van der Waals surface area contributed by atoms with Gasteiger partial charge in [-0.15, -0.1) is 0 Å². The SMILES string of the molecule is CSCC(C)Nc1cc(Br)ccc1C(F)(F)F. The van der Waals surface area contributed by atoms with Crippen molar-refractivity contribution in [2.45, 2.75) is 19.1 Å². The number of rotatable bonds is 4. The Kier molecular flexibility index (Phi) is 5.19. The van der Waals surface area contributed by atoms with Gasteiger partial charge in [0.15, 0.2) is 0 Å². The summed E-state index contributed by atoms with van der Waals surface area (Å²) in [6.45, 7) is 1.86. The minimum Gasteiger partial charge on any atom is -0.381 e. The fraction of sp³-hybridized carbons (Fsp3) is 0.455. The number of benzene rings is 1. The molecule has 0 saturated carbocycles. The van der Waals surface area contributed by atoms with Gasteiger partial charge in [-0.2, -0.15) is 24.9 Å². The number of halogens is 4. The molecule has 1 unspecified atom stereocenters. The third-order valence-corrected chi connectivity index (χ3v) is 3.43. The van der Waals surface area contributed by atoms with Gasteiger partial charge in [0.05, 0.1) is 5.56 Å². The Hall–Kier alpha value is -0.360. The fourth-order valence-electron chi connectivity index (χ4n) is 1.44. The van der Waals surface area contributed by atoms with Crippen molar-refractivity contribution in [2.24, 2.45) is 0 Å². The van der Waals surface area contributed by atoms with E-state index in [0.29, 0.717) is 4.47 Å². The fourth-order valence-corrected chi connectivity index (χ4v) is 2.38. The molecular weight excluding hydrogens is 315 g/mol. The minimum absolute atomic E-state index is 0.0135. The zero-order valence-corrected chi connectivity index (χ0v) is 11.8. The molecule has 96 valence electrons. The molecule has 6 heteroatoms. The second-order valence-corrected chi connectivity index (χ2v) is 5.51. The van der Waals surface area contributed by atoms with E-state index in [1.165, 1.54) is 12.1 Å². The zero-order valence-electron chi connectivity index (χ0n) is 9.44. The Balaban J connectivity index is 2.99. The molecule has 1 rings (SSSR count). The van der Waals surface area contributed by atoms with E-state index >= 15 is 0 Å². The largest absolute Gasteiger partial charge is 0.418 e. The van der Waals surface area contributed by atoms with Gasteiger partial charge in [0.1, 0.15) is 0 Å². The summed E-state index contributed by atoms with van der Waals surface area (Å²) in [5, 5.41) is 2.89. The molecule has 0 aromatic heterocycles. The van der Waals surface area contributed by atoms with Crippen LogP contribution in [0.1, 0.15) is 12.5 Å². The van der Waals surface area contributed by atoms with E-state index in [2.05, 4.69) is 21.2 Å². The molecular formula is C11H13BrF3NS. The van der Waals surface area contributed by atoms with Crippen molar-refractivity contribution in [2.75, 3.05) is 17.3 Å². The Bertz CT molecular complexity index is 381. The van der Waals surface area contributed by atoms with Crippen molar-refractivity contribution in [1.29, 1.82) is 0 Å². The predicted octanol–water partition coefficient (Wildman–Crippen LogP) is 4.63. The van der Waals surface area contributed by atoms with Crippen LogP contribution in [0.15, 0.2) is 22.7 Å². The number of alkyl halides is 3. The third-order valence-electron chi connectivity index (χ3n) is 2.11. The van der Waals surface area contributed by atoms with Gasteiger partial charge < -0.3 is 5.32 Å². The van der Waals surface area contributed by atoms with Crippen LogP contribution in [0.3, 0.4) is 0 Å². The van der Waals surface area contributed by atoms with Gasteiger partial charge in [0.2, 0.25) is 0 Å². The topological polar surface area (TPSA) is 12.0 Å². The molecule has 0 amide bonds. The van der Waals surface area contributed by atoms with E-state index in [0.717, 1.165) is 11.8 Å². The summed E-state index contributed by atoms with van der Waals surface area (Å²) in [6, 6.07) is 3.92. The number of hydrogen-bond donors (Lipinski definition) is 1. The van der Waals surface area contributed by atoms with E-state index < -0.39 is 11.7 Å². The lowest BCUT2D eigenvalue weighted by molar-refractivity contribution is -0.137. The molecule has 0 saturated heterocycles. The van der Waals surface area contributed by atoms with Crippen LogP contribution >= 0.6 is 27.7 Å². The highest BCUT2D eigenvalue weighted by Crippen LogP contribution is 2.36. The first-order valence-corrected chi connectivity index (χ1v) is 7.15. The molecule has 0 bridgehead atoms. The highest BCUT2D eigenvalue weighted by molar-refractivity contribution is 9.10. The van der Waals surface area contributed by atoms with Crippen molar-refractivity contribution in [1.82, 2.24) is 0 Å². The molecule has 1 N–H and O–H groups in total. The molecule has 0 radical (unpaired) electrons. The van der Waals surface area contributed by atoms with Crippen molar-refractivity contribution >= 4 is 33.4 Å². The molecule has 1 atom stereocenters. The summed E-state index contributed by atoms with van der Waals surface area (Å²) in [4.78, 5) is 0. The summed E-state index contributed by atoms with van der Waals surface area (Å²) in [6.07, 6.45) is -2.41. The molecule has 0 heterocycles. The Morgan fingerprint density at radius 3 is 2.59 bits per heavy atom. The van der Waals surface area contributed by atoms with E-state index in [9.17, 15) is 13.2 Å². The zero-order chi connectivity index (χ0) is 13.1. The van der Waals surface area contributed by atoms with Crippen molar-refractivity contribution in [3.05, 3.63) is 28.2 Å². The van der Waals surface area contributed by atoms with Crippen LogP contribution in [0.4, 0.5) is 18.9 Å². The lowest BCUT2D eigenvalue weighted by atomic mass is 10.1. The summed E-state index contributed by atoms with van der Waals surface area (Å²) < 4.78 is 38.9. The minimum atomic E-state index is -4.33. The standard InChI is InChI=1S/C11H13BrF3NS/c1-7(6-17-2)16-10-5-8(12)3-4-9(10)11(13,14)15/h3-5,7,16H,6H2,1-2H3. The highest BCUT2D eigenvalue weighted by atomic mass is 79.9. The van der Waals surface area contributed by atoms with E-state index in [4.69, 9.17) is 0 Å². The van der Waals surface area contributed by atoms with Gasteiger partial charge in [-0.25, -0.2) is 0 Å². The van der Waals surface area contributed by atoms with E-state index in [1.807, 2.05) is 13.2 Å². The number of hydrogen-bond acceptors (Lipinski definition) is 2. The molecule has 0 spiro atoms. The van der Waals surface area contributed by atoms with Gasteiger partial charge in [-0.3, -0.25) is 0 Å². The van der Waals surface area contributed by atoms with Gasteiger partial charge in [0.25, 0.3) is 0 Å². The summed E-state index contributed by atoms with van der Waals surface area (Å²) in [5.74, 6) is 0.754. The quantitative estimate of drug-likeness (QED) is 0.865. The molecule has 1 aromatic rings. The third kappa shape index (κ3) is 4.43. The molecule has 1 nitrogen and oxygen atoms in total. The van der Waals surface area contributed by atoms with E-state index in [-0.39, 0.29) is 11.7 Å². The van der Waals surface area contributed by atoms with Gasteiger partial charge in [-0.05, 0) is 31.4 Å². The molecule has 17 heavy (non-hydrogen) atoms. The molecule has 0 aliphatic carbocycles. The van der Waals surface area contributed by atoms with Crippen LogP contribution in [0.2, 0.25) is 0 Å². The van der Waals surface area contributed by atoms with Crippen LogP contribution in [0.25, 0.3) is 0 Å².